The van der Waals surface area contributed by atoms with Crippen LogP contribution in [-0.2, 0) is 23.1 Å². The van der Waals surface area contributed by atoms with E-state index in [-0.39, 0.29) is 17.2 Å². The highest BCUT2D eigenvalue weighted by molar-refractivity contribution is 7.71. The van der Waals surface area contributed by atoms with Gasteiger partial charge in [-0.05, 0) is 61.9 Å². The average Bonchev–Trinajstić information content (AvgIpc) is 3.57. The summed E-state index contributed by atoms with van der Waals surface area (Å²) in [6, 6.07) is 9.19. The second-order valence-electron chi connectivity index (χ2n) is 8.01. The van der Waals surface area contributed by atoms with Gasteiger partial charge in [0.05, 0.1) is 0 Å². The van der Waals surface area contributed by atoms with E-state index in [0.29, 0.717) is 17.4 Å². The quantitative estimate of drug-likeness (QED) is 0.797. The first-order valence-corrected chi connectivity index (χ1v) is 10.1. The Labute approximate surface area is 158 Å². The third-order valence-corrected chi connectivity index (χ3v) is 6.64. The fraction of sp³-hybridized carbons (Fsp3) is 0.550. The molecule has 1 aromatic carbocycles. The van der Waals surface area contributed by atoms with Crippen LogP contribution in [0.3, 0.4) is 0 Å². The van der Waals surface area contributed by atoms with E-state index < -0.39 is 0 Å². The van der Waals surface area contributed by atoms with Crippen molar-refractivity contribution in [3.05, 3.63) is 46.0 Å². The molecule has 5 nitrogen and oxygen atoms in total. The Hall–Kier alpha value is -1.95. The Morgan fingerprint density at radius 3 is 3.08 bits per heavy atom. The van der Waals surface area contributed by atoms with Gasteiger partial charge in [0, 0.05) is 30.3 Å². The number of aryl methyl sites for hydroxylation is 1. The summed E-state index contributed by atoms with van der Waals surface area (Å²) < 4.78 is 2.83. The van der Waals surface area contributed by atoms with E-state index in [0.717, 1.165) is 31.5 Å². The lowest BCUT2D eigenvalue weighted by atomic mass is 9.78. The number of amides is 1. The molecule has 3 aliphatic carbocycles. The fourth-order valence-electron chi connectivity index (χ4n) is 4.82. The standard InChI is InChI=1S/C20H24N4OS/c25-18(21-11-9-17-22-23-19(26)24(17)14-7-8-14)16-12-20(16)10-3-5-13-4-1-2-6-15(13)20/h1-2,4,6,14,16H,3,5,7-12H2,(H,21,25)(H,23,26). The second kappa shape index (κ2) is 6.05. The lowest BCUT2D eigenvalue weighted by Crippen LogP contribution is -2.31. The third kappa shape index (κ3) is 2.62. The summed E-state index contributed by atoms with van der Waals surface area (Å²) in [4.78, 5) is 12.7. The Morgan fingerprint density at radius 2 is 2.23 bits per heavy atom. The minimum Gasteiger partial charge on any atom is -0.355 e. The molecule has 0 saturated heterocycles. The predicted molar refractivity (Wildman–Crippen MR) is 102 cm³/mol. The predicted octanol–water partition coefficient (Wildman–Crippen LogP) is 3.23. The number of hydrogen-bond donors (Lipinski definition) is 2. The van der Waals surface area contributed by atoms with Gasteiger partial charge in [-0.1, -0.05) is 24.3 Å². The van der Waals surface area contributed by atoms with E-state index in [1.807, 2.05) is 0 Å². The van der Waals surface area contributed by atoms with Gasteiger partial charge in [0.1, 0.15) is 5.82 Å². The molecule has 2 unspecified atom stereocenters. The number of rotatable bonds is 5. The van der Waals surface area contributed by atoms with Gasteiger partial charge >= 0.3 is 0 Å². The number of nitrogens with one attached hydrogen (secondary N) is 2. The lowest BCUT2D eigenvalue weighted by molar-refractivity contribution is -0.122. The van der Waals surface area contributed by atoms with E-state index in [9.17, 15) is 4.79 Å². The molecular formula is C20H24N4OS. The monoisotopic (exact) mass is 368 g/mol. The highest BCUT2D eigenvalue weighted by Crippen LogP contribution is 2.60. The number of carbonyl (C=O) groups is 1. The van der Waals surface area contributed by atoms with Crippen molar-refractivity contribution >= 4 is 18.1 Å². The molecule has 6 heteroatoms. The molecule has 136 valence electrons. The van der Waals surface area contributed by atoms with Crippen LogP contribution in [-0.4, -0.2) is 27.2 Å². The Morgan fingerprint density at radius 1 is 1.38 bits per heavy atom. The molecule has 2 fully saturated rings. The van der Waals surface area contributed by atoms with Crippen molar-refractivity contribution in [3.8, 4) is 0 Å². The summed E-state index contributed by atoms with van der Waals surface area (Å²) in [6.07, 6.45) is 7.56. The molecule has 1 amide bonds. The van der Waals surface area contributed by atoms with Crippen LogP contribution in [0.15, 0.2) is 24.3 Å². The zero-order chi connectivity index (χ0) is 17.7. The van der Waals surface area contributed by atoms with E-state index >= 15 is 0 Å². The van der Waals surface area contributed by atoms with Gasteiger partial charge in [-0.2, -0.15) is 5.10 Å². The van der Waals surface area contributed by atoms with E-state index in [1.54, 1.807) is 0 Å². The maximum atomic E-state index is 12.7. The van der Waals surface area contributed by atoms with Crippen molar-refractivity contribution < 1.29 is 4.79 Å². The molecule has 2 aromatic rings. The summed E-state index contributed by atoms with van der Waals surface area (Å²) in [6.45, 7) is 0.624. The van der Waals surface area contributed by atoms with Crippen molar-refractivity contribution in [3.63, 3.8) is 0 Å². The lowest BCUT2D eigenvalue weighted by Gasteiger charge is -2.26. The van der Waals surface area contributed by atoms with E-state index in [2.05, 4.69) is 44.3 Å². The number of H-pyrrole nitrogens is 1. The molecule has 0 bridgehead atoms. The molecule has 1 heterocycles. The van der Waals surface area contributed by atoms with Crippen LogP contribution in [0.2, 0.25) is 0 Å². The van der Waals surface area contributed by atoms with Gasteiger partial charge in [0.2, 0.25) is 5.91 Å². The van der Waals surface area contributed by atoms with Crippen molar-refractivity contribution in [1.82, 2.24) is 20.1 Å². The molecule has 0 aliphatic heterocycles. The SMILES string of the molecule is O=C(NCCc1n[nH]c(=S)n1C1CC1)C1CC12CCCc1ccccc12. The Kier molecular flexibility index (Phi) is 3.78. The van der Waals surface area contributed by atoms with Gasteiger partial charge in [0.15, 0.2) is 4.77 Å². The van der Waals surface area contributed by atoms with Crippen LogP contribution >= 0.6 is 12.2 Å². The van der Waals surface area contributed by atoms with Crippen molar-refractivity contribution in [2.75, 3.05) is 6.54 Å². The van der Waals surface area contributed by atoms with Crippen LogP contribution in [0, 0.1) is 10.7 Å². The number of hydrogen-bond acceptors (Lipinski definition) is 3. The van der Waals surface area contributed by atoms with E-state index in [1.165, 1.54) is 30.4 Å². The van der Waals surface area contributed by atoms with Gasteiger partial charge in [-0.25, -0.2) is 0 Å². The molecule has 2 saturated carbocycles. The molecule has 0 radical (unpaired) electrons. The van der Waals surface area contributed by atoms with E-state index in [4.69, 9.17) is 12.2 Å². The van der Waals surface area contributed by atoms with Crippen molar-refractivity contribution in [2.45, 2.75) is 56.4 Å². The van der Waals surface area contributed by atoms with Crippen LogP contribution in [0.5, 0.6) is 0 Å². The minimum absolute atomic E-state index is 0.104. The smallest absolute Gasteiger partial charge is 0.224 e. The maximum Gasteiger partial charge on any atom is 0.224 e. The highest BCUT2D eigenvalue weighted by atomic mass is 32.1. The molecule has 1 aromatic heterocycles. The first kappa shape index (κ1) is 16.2. The highest BCUT2D eigenvalue weighted by Gasteiger charge is 2.59. The third-order valence-electron chi connectivity index (χ3n) is 6.35. The Bertz CT molecular complexity index is 913. The summed E-state index contributed by atoms with van der Waals surface area (Å²) in [5.74, 6) is 1.30. The molecule has 1 spiro atoms. The van der Waals surface area contributed by atoms with Crippen LogP contribution in [0.1, 0.15) is 55.1 Å². The molecule has 3 aliphatic rings. The number of nitrogens with zero attached hydrogens (tertiary/aromatic N) is 2. The number of aromatic nitrogens is 3. The molecule has 2 N–H and O–H groups in total. The topological polar surface area (TPSA) is 62.7 Å². The number of aromatic amines is 1. The zero-order valence-electron chi connectivity index (χ0n) is 14.8. The number of fused-ring (bicyclic) bond motifs is 2. The largest absolute Gasteiger partial charge is 0.355 e. The van der Waals surface area contributed by atoms with Gasteiger partial charge < -0.3 is 9.88 Å². The summed E-state index contributed by atoms with van der Waals surface area (Å²) >= 11 is 5.32. The first-order chi connectivity index (χ1) is 12.7. The first-order valence-electron chi connectivity index (χ1n) is 9.71. The molecule has 2 atom stereocenters. The molecular weight excluding hydrogens is 344 g/mol. The fourth-order valence-corrected chi connectivity index (χ4v) is 5.12. The summed E-state index contributed by atoms with van der Waals surface area (Å²) in [5.41, 5.74) is 2.96. The molecule has 26 heavy (non-hydrogen) atoms. The number of benzene rings is 1. The molecule has 5 rings (SSSR count). The summed E-state index contributed by atoms with van der Waals surface area (Å²) in [7, 11) is 0. The normalized spacial score (nSPS) is 26.5. The zero-order valence-corrected chi connectivity index (χ0v) is 15.6. The van der Waals surface area contributed by atoms with Gasteiger partial charge in [0.25, 0.3) is 0 Å². The van der Waals surface area contributed by atoms with Crippen LogP contribution in [0.4, 0.5) is 0 Å². The average molecular weight is 369 g/mol. The number of carbonyl (C=O) groups excluding carboxylic acids is 1. The van der Waals surface area contributed by atoms with Gasteiger partial charge in [-0.15, -0.1) is 0 Å². The van der Waals surface area contributed by atoms with Crippen molar-refractivity contribution in [1.29, 1.82) is 0 Å². The summed E-state index contributed by atoms with van der Waals surface area (Å²) in [5, 5.41) is 10.4. The Balaban J connectivity index is 1.23. The maximum absolute atomic E-state index is 12.7. The van der Waals surface area contributed by atoms with Crippen molar-refractivity contribution in [2.24, 2.45) is 5.92 Å². The van der Waals surface area contributed by atoms with Crippen LogP contribution in [0.25, 0.3) is 0 Å². The minimum atomic E-state index is 0.104. The van der Waals surface area contributed by atoms with Gasteiger partial charge in [-0.3, -0.25) is 9.89 Å². The second-order valence-corrected chi connectivity index (χ2v) is 8.40. The van der Waals surface area contributed by atoms with Crippen LogP contribution < -0.4 is 5.32 Å².